The number of methoxy groups -OCH3 is 1. The summed E-state index contributed by atoms with van der Waals surface area (Å²) in [6, 6.07) is 9.51. The van der Waals surface area contributed by atoms with Crippen LogP contribution in [-0.4, -0.2) is 17.1 Å². The third-order valence-corrected chi connectivity index (χ3v) is 2.72. The zero-order valence-corrected chi connectivity index (χ0v) is 10.8. The number of nitriles is 1. The second kappa shape index (κ2) is 5.83. The van der Waals surface area contributed by atoms with Crippen LogP contribution >= 0.6 is 0 Å². The molecular formula is C14H14N4O. The number of benzene rings is 1. The van der Waals surface area contributed by atoms with Gasteiger partial charge in [0.15, 0.2) is 0 Å². The fourth-order valence-electron chi connectivity index (χ4n) is 1.70. The minimum absolute atomic E-state index is 0.322. The van der Waals surface area contributed by atoms with E-state index in [9.17, 15) is 0 Å². The summed E-state index contributed by atoms with van der Waals surface area (Å²) >= 11 is 0. The molecule has 1 aromatic heterocycles. The Morgan fingerprint density at radius 3 is 2.84 bits per heavy atom. The second-order valence-corrected chi connectivity index (χ2v) is 3.91. The third kappa shape index (κ3) is 2.99. The van der Waals surface area contributed by atoms with Gasteiger partial charge in [0, 0.05) is 6.07 Å². The molecule has 0 amide bonds. The summed E-state index contributed by atoms with van der Waals surface area (Å²) in [7, 11) is 1.62. The van der Waals surface area contributed by atoms with Crippen LogP contribution in [0.2, 0.25) is 0 Å². The zero-order chi connectivity index (χ0) is 13.7. The van der Waals surface area contributed by atoms with Crippen LogP contribution in [0, 0.1) is 11.3 Å². The van der Waals surface area contributed by atoms with E-state index in [0.29, 0.717) is 11.5 Å². The Hall–Kier alpha value is -2.61. The van der Waals surface area contributed by atoms with Gasteiger partial charge in [0.05, 0.1) is 12.8 Å². The molecule has 0 aliphatic heterocycles. The van der Waals surface area contributed by atoms with Gasteiger partial charge >= 0.3 is 0 Å². The van der Waals surface area contributed by atoms with Gasteiger partial charge in [0.2, 0.25) is 0 Å². The Kier molecular flexibility index (Phi) is 3.94. The van der Waals surface area contributed by atoms with Crippen molar-refractivity contribution >= 4 is 11.5 Å². The smallest absolute Gasteiger partial charge is 0.145 e. The molecule has 0 aliphatic rings. The zero-order valence-electron chi connectivity index (χ0n) is 10.8. The molecule has 1 N–H and O–H groups in total. The molecular weight excluding hydrogens is 240 g/mol. The molecule has 96 valence electrons. The molecule has 0 unspecified atom stereocenters. The van der Waals surface area contributed by atoms with E-state index < -0.39 is 0 Å². The summed E-state index contributed by atoms with van der Waals surface area (Å²) in [5.74, 6) is 1.30. The number of ether oxygens (including phenoxy) is 1. The van der Waals surface area contributed by atoms with Gasteiger partial charge < -0.3 is 10.1 Å². The topological polar surface area (TPSA) is 70.8 Å². The van der Waals surface area contributed by atoms with E-state index in [1.807, 2.05) is 24.3 Å². The maximum absolute atomic E-state index is 8.82. The average Bonchev–Trinajstić information content (AvgIpc) is 2.47. The molecule has 2 rings (SSSR count). The number of rotatable bonds is 4. The molecule has 0 saturated carbocycles. The first kappa shape index (κ1) is 12.8. The van der Waals surface area contributed by atoms with E-state index in [0.717, 1.165) is 17.9 Å². The van der Waals surface area contributed by atoms with Crippen molar-refractivity contribution in [1.82, 2.24) is 9.97 Å². The van der Waals surface area contributed by atoms with Gasteiger partial charge in [-0.1, -0.05) is 13.0 Å². The summed E-state index contributed by atoms with van der Waals surface area (Å²) < 4.78 is 5.30. The van der Waals surface area contributed by atoms with Gasteiger partial charge in [-0.15, -0.1) is 0 Å². The molecule has 0 radical (unpaired) electrons. The molecule has 0 fully saturated rings. The van der Waals surface area contributed by atoms with Crippen LogP contribution in [0.4, 0.5) is 11.5 Å². The summed E-state index contributed by atoms with van der Waals surface area (Å²) in [4.78, 5) is 7.92. The number of nitrogens with one attached hydrogen (secondary N) is 1. The van der Waals surface area contributed by atoms with Crippen molar-refractivity contribution < 1.29 is 4.74 Å². The van der Waals surface area contributed by atoms with Crippen molar-refractivity contribution in [3.63, 3.8) is 0 Å². The maximum Gasteiger partial charge on any atom is 0.145 e. The lowest BCUT2D eigenvalue weighted by Crippen LogP contribution is -1.99. The highest BCUT2D eigenvalue weighted by Crippen LogP contribution is 2.28. The second-order valence-electron chi connectivity index (χ2n) is 3.91. The van der Waals surface area contributed by atoms with Gasteiger partial charge in [0.1, 0.15) is 29.7 Å². The molecule has 19 heavy (non-hydrogen) atoms. The van der Waals surface area contributed by atoms with Crippen LogP contribution in [0.1, 0.15) is 18.2 Å². The number of aryl methyl sites for hydroxylation is 1. The minimum atomic E-state index is 0.322. The Morgan fingerprint density at radius 1 is 1.32 bits per heavy atom. The number of aromatic nitrogens is 2. The van der Waals surface area contributed by atoms with Gasteiger partial charge in [-0.2, -0.15) is 5.26 Å². The van der Waals surface area contributed by atoms with Gasteiger partial charge in [0.25, 0.3) is 0 Å². The van der Waals surface area contributed by atoms with Crippen molar-refractivity contribution in [2.24, 2.45) is 0 Å². The SMILES string of the molecule is CCc1ccc(OC)c(Nc2cc(C#N)ncn2)c1. The lowest BCUT2D eigenvalue weighted by molar-refractivity contribution is 0.416. The Balaban J connectivity index is 2.33. The van der Waals surface area contributed by atoms with E-state index in [-0.39, 0.29) is 0 Å². The molecule has 0 spiro atoms. The van der Waals surface area contributed by atoms with Crippen LogP contribution < -0.4 is 10.1 Å². The van der Waals surface area contributed by atoms with Crippen LogP contribution in [0.5, 0.6) is 5.75 Å². The minimum Gasteiger partial charge on any atom is -0.495 e. The predicted molar refractivity (Wildman–Crippen MR) is 72.4 cm³/mol. The highest BCUT2D eigenvalue weighted by molar-refractivity contribution is 5.65. The molecule has 0 bridgehead atoms. The third-order valence-electron chi connectivity index (χ3n) is 2.72. The molecule has 5 nitrogen and oxygen atoms in total. The van der Waals surface area contributed by atoms with Gasteiger partial charge in [-0.05, 0) is 24.1 Å². The maximum atomic E-state index is 8.82. The quantitative estimate of drug-likeness (QED) is 0.908. The number of hydrogen-bond donors (Lipinski definition) is 1. The number of nitrogens with zero attached hydrogens (tertiary/aromatic N) is 3. The lowest BCUT2D eigenvalue weighted by atomic mass is 10.1. The van der Waals surface area contributed by atoms with E-state index in [1.54, 1.807) is 13.2 Å². The molecule has 1 heterocycles. The first-order valence-electron chi connectivity index (χ1n) is 5.93. The van der Waals surface area contributed by atoms with Crippen LogP contribution in [0.25, 0.3) is 0 Å². The van der Waals surface area contributed by atoms with Crippen LogP contribution in [-0.2, 0) is 6.42 Å². The normalized spacial score (nSPS) is 9.74. The summed E-state index contributed by atoms with van der Waals surface area (Å²) in [5, 5.41) is 12.0. The summed E-state index contributed by atoms with van der Waals surface area (Å²) in [5.41, 5.74) is 2.34. The first-order valence-corrected chi connectivity index (χ1v) is 5.93. The monoisotopic (exact) mass is 254 g/mol. The van der Waals surface area contributed by atoms with Crippen molar-refractivity contribution in [2.45, 2.75) is 13.3 Å². The Morgan fingerprint density at radius 2 is 2.16 bits per heavy atom. The molecule has 0 atom stereocenters. The molecule has 0 saturated heterocycles. The number of hydrogen-bond acceptors (Lipinski definition) is 5. The molecule has 5 heteroatoms. The molecule has 1 aromatic carbocycles. The van der Waals surface area contributed by atoms with E-state index in [4.69, 9.17) is 10.00 Å². The molecule has 0 aliphatic carbocycles. The van der Waals surface area contributed by atoms with Crippen molar-refractivity contribution in [2.75, 3.05) is 12.4 Å². The highest BCUT2D eigenvalue weighted by atomic mass is 16.5. The summed E-state index contributed by atoms with van der Waals surface area (Å²) in [6.45, 7) is 2.09. The van der Waals surface area contributed by atoms with Gasteiger partial charge in [-0.25, -0.2) is 9.97 Å². The van der Waals surface area contributed by atoms with Crippen LogP contribution in [0.3, 0.4) is 0 Å². The van der Waals surface area contributed by atoms with Crippen molar-refractivity contribution in [3.05, 3.63) is 41.9 Å². The summed E-state index contributed by atoms with van der Waals surface area (Å²) in [6.07, 6.45) is 2.29. The lowest BCUT2D eigenvalue weighted by Gasteiger charge is -2.11. The first-order chi connectivity index (χ1) is 9.26. The molecule has 2 aromatic rings. The average molecular weight is 254 g/mol. The van der Waals surface area contributed by atoms with E-state index in [1.165, 1.54) is 11.9 Å². The van der Waals surface area contributed by atoms with E-state index >= 15 is 0 Å². The largest absolute Gasteiger partial charge is 0.495 e. The fraction of sp³-hybridized carbons (Fsp3) is 0.214. The Bertz CT molecular complexity index is 619. The van der Waals surface area contributed by atoms with Crippen LogP contribution in [0.15, 0.2) is 30.6 Å². The number of anilines is 2. The van der Waals surface area contributed by atoms with Gasteiger partial charge in [-0.3, -0.25) is 0 Å². The van der Waals surface area contributed by atoms with E-state index in [2.05, 4.69) is 22.2 Å². The fourth-order valence-corrected chi connectivity index (χ4v) is 1.70. The highest BCUT2D eigenvalue weighted by Gasteiger charge is 2.06. The van der Waals surface area contributed by atoms with Crippen molar-refractivity contribution in [1.29, 1.82) is 5.26 Å². The Labute approximate surface area is 111 Å². The predicted octanol–water partition coefficient (Wildman–Crippen LogP) is 2.66. The van der Waals surface area contributed by atoms with Crippen molar-refractivity contribution in [3.8, 4) is 11.8 Å². The standard InChI is InChI=1S/C14H14N4O/c1-3-10-4-5-13(19-2)12(6-10)18-14-7-11(8-15)16-9-17-14/h4-7,9H,3H2,1-2H3,(H,16,17,18).